The summed E-state index contributed by atoms with van der Waals surface area (Å²) < 4.78 is 6.47. The van der Waals surface area contributed by atoms with Crippen LogP contribution >= 0.6 is 0 Å². The zero-order valence-electron chi connectivity index (χ0n) is 17.8. The molecule has 2 rings (SSSR count). The van der Waals surface area contributed by atoms with Crippen LogP contribution in [-0.2, 0) is 10.8 Å². The normalized spacial score (nSPS) is 21.9. The lowest BCUT2D eigenvalue weighted by Gasteiger charge is -2.39. The molecule has 0 bridgehead atoms. The highest BCUT2D eigenvalue weighted by molar-refractivity contribution is 6.74. The first-order valence-corrected chi connectivity index (χ1v) is 12.6. The Balaban J connectivity index is 2.19. The summed E-state index contributed by atoms with van der Waals surface area (Å²) in [5.41, 5.74) is 3.14. The van der Waals surface area contributed by atoms with Gasteiger partial charge in [0.1, 0.15) is 0 Å². The fraction of sp³-hybridized carbons (Fsp3) is 0.636. The van der Waals surface area contributed by atoms with Gasteiger partial charge in [0.15, 0.2) is 8.32 Å². The van der Waals surface area contributed by atoms with E-state index in [0.717, 1.165) is 13.0 Å². The van der Waals surface area contributed by atoms with Gasteiger partial charge < -0.3 is 14.8 Å². The van der Waals surface area contributed by atoms with Crippen molar-refractivity contribution in [3.8, 4) is 0 Å². The maximum atomic E-state index is 10.0. The third-order valence-corrected chi connectivity index (χ3v) is 10.3. The van der Waals surface area contributed by atoms with E-state index in [-0.39, 0.29) is 5.04 Å². The molecule has 2 N–H and O–H groups in total. The van der Waals surface area contributed by atoms with Crippen LogP contribution in [0.1, 0.15) is 64.3 Å². The van der Waals surface area contributed by atoms with Crippen molar-refractivity contribution in [1.29, 1.82) is 0 Å². The maximum Gasteiger partial charge on any atom is 0.192 e. The molecular weight excluding hydrogens is 338 g/mol. The summed E-state index contributed by atoms with van der Waals surface area (Å²) in [5.74, 6) is 0. The number of nitrogens with one attached hydrogen (secondary N) is 1. The van der Waals surface area contributed by atoms with Crippen LogP contribution in [-0.4, -0.2) is 31.7 Å². The molecule has 0 aliphatic carbocycles. The number of hydrogen-bond donors (Lipinski definition) is 2. The van der Waals surface area contributed by atoms with E-state index >= 15 is 0 Å². The molecule has 0 aromatic heterocycles. The van der Waals surface area contributed by atoms with Gasteiger partial charge in [-0.05, 0) is 62.0 Å². The van der Waals surface area contributed by atoms with Gasteiger partial charge in [-0.3, -0.25) is 0 Å². The van der Waals surface area contributed by atoms with Crippen LogP contribution in [0.4, 0.5) is 0 Å². The Morgan fingerprint density at radius 3 is 2.46 bits per heavy atom. The first-order chi connectivity index (χ1) is 11.8. The Morgan fingerprint density at radius 1 is 1.23 bits per heavy atom. The van der Waals surface area contributed by atoms with Gasteiger partial charge in [-0.25, -0.2) is 0 Å². The van der Waals surface area contributed by atoms with E-state index in [4.69, 9.17) is 4.43 Å². The molecule has 26 heavy (non-hydrogen) atoms. The van der Waals surface area contributed by atoms with Crippen molar-refractivity contribution in [3.05, 3.63) is 41.0 Å². The standard InChI is InChI=1S/C22H37NO2Si/c1-16-19-11-9-10-17(12-13-22(5,6)24)20(19)14-18(23-16)15-25-26(7,8)21(2,3)4/h9-13,16,18,23-24H,14-15H2,1-8H3/b13-12+/t16-,18+/m0/s1. The van der Waals surface area contributed by atoms with Crippen molar-refractivity contribution in [2.45, 2.75) is 83.8 Å². The third kappa shape index (κ3) is 5.29. The lowest BCUT2D eigenvalue weighted by molar-refractivity contribution is 0.134. The highest BCUT2D eigenvalue weighted by Crippen LogP contribution is 2.37. The fourth-order valence-corrected chi connectivity index (χ4v) is 4.15. The Hall–Kier alpha value is -0.943. The highest BCUT2D eigenvalue weighted by Gasteiger charge is 2.38. The van der Waals surface area contributed by atoms with Crippen LogP contribution in [0.5, 0.6) is 0 Å². The summed E-state index contributed by atoms with van der Waals surface area (Å²) in [4.78, 5) is 0. The van der Waals surface area contributed by atoms with Crippen molar-refractivity contribution in [2.24, 2.45) is 0 Å². The molecule has 146 valence electrons. The molecule has 0 saturated heterocycles. The van der Waals surface area contributed by atoms with E-state index in [2.05, 4.69) is 70.4 Å². The van der Waals surface area contributed by atoms with Gasteiger partial charge in [-0.1, -0.05) is 51.1 Å². The molecule has 1 aromatic carbocycles. The van der Waals surface area contributed by atoms with Gasteiger partial charge >= 0.3 is 0 Å². The second-order valence-corrected chi connectivity index (χ2v) is 14.6. The average molecular weight is 376 g/mol. The monoisotopic (exact) mass is 375 g/mol. The van der Waals surface area contributed by atoms with Crippen LogP contribution in [0.3, 0.4) is 0 Å². The van der Waals surface area contributed by atoms with E-state index in [1.165, 1.54) is 16.7 Å². The van der Waals surface area contributed by atoms with Gasteiger partial charge in [-0.2, -0.15) is 0 Å². The Bertz CT molecular complexity index is 653. The minimum absolute atomic E-state index is 0.228. The summed E-state index contributed by atoms with van der Waals surface area (Å²) in [7, 11) is -1.74. The summed E-state index contributed by atoms with van der Waals surface area (Å²) in [6.45, 7) is 18.1. The summed E-state index contributed by atoms with van der Waals surface area (Å²) in [6, 6.07) is 7.09. The smallest absolute Gasteiger partial charge is 0.192 e. The van der Waals surface area contributed by atoms with Crippen molar-refractivity contribution < 1.29 is 9.53 Å². The summed E-state index contributed by atoms with van der Waals surface area (Å²) in [6.07, 6.45) is 4.89. The van der Waals surface area contributed by atoms with Crippen molar-refractivity contribution in [3.63, 3.8) is 0 Å². The van der Waals surface area contributed by atoms with Crippen LogP contribution in [0.2, 0.25) is 18.1 Å². The predicted molar refractivity (Wildman–Crippen MR) is 114 cm³/mol. The molecule has 0 fully saturated rings. The molecule has 0 unspecified atom stereocenters. The molecule has 0 amide bonds. The second kappa shape index (κ2) is 7.59. The Kier molecular flexibility index (Phi) is 6.23. The summed E-state index contributed by atoms with van der Waals surface area (Å²) in [5, 5.41) is 14.0. The van der Waals surface area contributed by atoms with E-state index in [9.17, 15) is 5.11 Å². The Labute approximate surface area is 161 Å². The van der Waals surface area contributed by atoms with E-state index in [0.29, 0.717) is 12.1 Å². The molecule has 1 aromatic rings. The number of rotatable bonds is 5. The first kappa shape index (κ1) is 21.4. The van der Waals surface area contributed by atoms with E-state index in [1.807, 2.05) is 6.08 Å². The fourth-order valence-electron chi connectivity index (χ4n) is 3.10. The molecule has 3 nitrogen and oxygen atoms in total. The quantitative estimate of drug-likeness (QED) is 0.706. The summed E-state index contributed by atoms with van der Waals surface area (Å²) >= 11 is 0. The van der Waals surface area contributed by atoms with Crippen LogP contribution in [0, 0.1) is 0 Å². The Morgan fingerprint density at radius 2 is 1.88 bits per heavy atom. The van der Waals surface area contributed by atoms with Crippen LogP contribution < -0.4 is 5.32 Å². The van der Waals surface area contributed by atoms with Gasteiger partial charge in [0.2, 0.25) is 0 Å². The molecule has 0 spiro atoms. The van der Waals surface area contributed by atoms with E-state index in [1.54, 1.807) is 13.8 Å². The van der Waals surface area contributed by atoms with Gasteiger partial charge in [0.05, 0.1) is 5.60 Å². The number of benzene rings is 1. The molecular formula is C22H37NO2Si. The minimum Gasteiger partial charge on any atom is -0.415 e. The van der Waals surface area contributed by atoms with Gasteiger partial charge in [-0.15, -0.1) is 0 Å². The molecule has 0 radical (unpaired) electrons. The van der Waals surface area contributed by atoms with Crippen molar-refractivity contribution in [1.82, 2.24) is 5.32 Å². The zero-order chi connectivity index (χ0) is 19.8. The van der Waals surface area contributed by atoms with Gasteiger partial charge in [0.25, 0.3) is 0 Å². The zero-order valence-corrected chi connectivity index (χ0v) is 18.8. The number of aliphatic hydroxyl groups is 1. The van der Waals surface area contributed by atoms with Crippen LogP contribution in [0.25, 0.3) is 6.08 Å². The first-order valence-electron chi connectivity index (χ1n) is 9.73. The lowest BCUT2D eigenvalue weighted by atomic mass is 9.87. The predicted octanol–water partition coefficient (Wildman–Crippen LogP) is 5.07. The molecule has 1 heterocycles. The molecule has 2 atom stereocenters. The van der Waals surface area contributed by atoms with Crippen LogP contribution in [0.15, 0.2) is 24.3 Å². The van der Waals surface area contributed by atoms with Crippen molar-refractivity contribution in [2.75, 3.05) is 6.61 Å². The third-order valence-electron chi connectivity index (χ3n) is 5.77. The largest absolute Gasteiger partial charge is 0.415 e. The molecule has 4 heteroatoms. The highest BCUT2D eigenvalue weighted by atomic mass is 28.4. The molecule has 1 aliphatic rings. The maximum absolute atomic E-state index is 10.0. The van der Waals surface area contributed by atoms with Crippen molar-refractivity contribution >= 4 is 14.4 Å². The van der Waals surface area contributed by atoms with Gasteiger partial charge in [0, 0.05) is 18.7 Å². The number of fused-ring (bicyclic) bond motifs is 1. The van der Waals surface area contributed by atoms with E-state index < -0.39 is 13.9 Å². The topological polar surface area (TPSA) is 41.5 Å². The second-order valence-electron chi connectivity index (χ2n) is 9.76. The molecule has 1 aliphatic heterocycles. The average Bonchev–Trinajstić information content (AvgIpc) is 2.49. The SMILES string of the molecule is C[C@@H]1N[C@@H](CO[Si](C)(C)C(C)(C)C)Cc2c(/C=C/C(C)(C)O)cccc21. The molecule has 0 saturated carbocycles. The minimum atomic E-state index is -1.74. The number of hydrogen-bond acceptors (Lipinski definition) is 3. The lowest BCUT2D eigenvalue weighted by Crippen LogP contribution is -2.47.